The zero-order valence-electron chi connectivity index (χ0n) is 31.2. The van der Waals surface area contributed by atoms with E-state index in [0.717, 1.165) is 46.5 Å². The third kappa shape index (κ3) is 8.77. The Labute approximate surface area is 310 Å². The minimum Gasteiger partial charge on any atom is -0.593 e. The van der Waals surface area contributed by atoms with Crippen LogP contribution in [-0.4, -0.2) is 68.7 Å². The quantitative estimate of drug-likeness (QED) is 0.0705. The van der Waals surface area contributed by atoms with Gasteiger partial charge in [0.2, 0.25) is 10.8 Å². The Morgan fingerprint density at radius 1 is 1.12 bits per heavy atom. The summed E-state index contributed by atoms with van der Waals surface area (Å²) < 4.78 is 32.9. The van der Waals surface area contributed by atoms with E-state index in [4.69, 9.17) is 19.9 Å². The fourth-order valence-electron chi connectivity index (χ4n) is 6.40. The van der Waals surface area contributed by atoms with Gasteiger partial charge in [0.05, 0.1) is 65.9 Å². The van der Waals surface area contributed by atoms with Crippen LogP contribution in [0.2, 0.25) is 0 Å². The zero-order chi connectivity index (χ0) is 37.4. The summed E-state index contributed by atoms with van der Waals surface area (Å²) in [5.41, 5.74) is 12.5. The molecule has 0 saturated heterocycles. The number of anilines is 3. The molecule has 13 heteroatoms. The van der Waals surface area contributed by atoms with Crippen molar-refractivity contribution in [1.82, 2.24) is 19.3 Å². The lowest BCUT2D eigenvalue weighted by Crippen LogP contribution is -2.38. The molecule has 12 nitrogen and oxygen atoms in total. The summed E-state index contributed by atoms with van der Waals surface area (Å²) in [5, 5.41) is 6.38. The van der Waals surface area contributed by atoms with Gasteiger partial charge in [0.1, 0.15) is 12.7 Å². The number of carbonyl (C=O) groups excluding carboxylic acids is 1. The molecule has 1 amide bonds. The molecule has 3 atom stereocenters. The number of rotatable bonds is 15. The molecular formula is C39H51N7O5S. The molecule has 4 aromatic rings. The van der Waals surface area contributed by atoms with Gasteiger partial charge in [-0.3, -0.25) is 4.79 Å². The third-order valence-corrected chi connectivity index (χ3v) is 10.9. The molecule has 0 fully saturated rings. The second-order valence-electron chi connectivity index (χ2n) is 13.4. The van der Waals surface area contributed by atoms with Crippen molar-refractivity contribution in [2.24, 2.45) is 5.41 Å². The molecule has 4 N–H and O–H groups in total. The molecule has 0 bridgehead atoms. The Morgan fingerprint density at radius 3 is 2.60 bits per heavy atom. The monoisotopic (exact) mass is 729 g/mol. The number of nitrogens with zero attached hydrogens (tertiary/aromatic N) is 4. The Balaban J connectivity index is 1.50. The van der Waals surface area contributed by atoms with E-state index < -0.39 is 22.7 Å². The molecule has 1 aliphatic rings. The minimum absolute atomic E-state index is 0.167. The fourth-order valence-corrected chi connectivity index (χ4v) is 7.68. The van der Waals surface area contributed by atoms with Crippen LogP contribution in [0.4, 0.5) is 17.1 Å². The molecule has 0 aliphatic carbocycles. The Bertz CT molecular complexity index is 1820. The molecule has 5 rings (SSSR count). The first-order chi connectivity index (χ1) is 25.0. The second-order valence-corrected chi connectivity index (χ2v) is 14.8. The van der Waals surface area contributed by atoms with Crippen LogP contribution >= 0.6 is 0 Å². The number of hydrogen-bond donors (Lipinski definition) is 3. The van der Waals surface area contributed by atoms with Crippen molar-refractivity contribution in [2.45, 2.75) is 78.3 Å². The van der Waals surface area contributed by atoms with Gasteiger partial charge in [-0.15, -0.1) is 4.31 Å². The van der Waals surface area contributed by atoms with Gasteiger partial charge in [0.15, 0.2) is 0 Å². The molecule has 0 spiro atoms. The number of benzene rings is 2. The van der Waals surface area contributed by atoms with E-state index in [1.807, 2.05) is 51.1 Å². The molecule has 2 aromatic carbocycles. The number of aromatic nitrogens is 3. The number of fused-ring (bicyclic) bond motifs is 1. The predicted molar refractivity (Wildman–Crippen MR) is 205 cm³/mol. The second kappa shape index (κ2) is 17.4. The normalized spacial score (nSPS) is 16.7. The SMILES string of the molecule is CCNc1ccc(C(c2ccc(C)c(CN3C[C@@H](CC)Oc4ncccc4[S+]3[O-])c2)C(C)(C)C(=O)Nc2cnc(OCCOCC)nc2)c(C)c1N. The first-order valence-electron chi connectivity index (χ1n) is 17.8. The predicted octanol–water partition coefficient (Wildman–Crippen LogP) is 6.41. The van der Waals surface area contributed by atoms with Gasteiger partial charge in [-0.2, -0.15) is 0 Å². The number of carbonyl (C=O) groups is 1. The topological polar surface area (TPSA) is 160 Å². The van der Waals surface area contributed by atoms with E-state index in [1.54, 1.807) is 12.3 Å². The standard InChI is InChI=1S/C39H51N7O5S/c1-8-30-24-46(52(48)33-12-11-17-42-36(33)51-30)23-28-20-27(14-13-25(28)4)34(31-15-16-32(41-9-2)35(40)26(31)5)39(6,7)37(47)45-29-21-43-38(44-22-29)50-19-18-49-10-3/h11-17,20-22,30,34,41H,8-10,18-19,23-24,40H2,1-7H3,(H,45,47)/t30-,34?,52?/m1/s1. The van der Waals surface area contributed by atoms with E-state index in [-0.39, 0.29) is 18.0 Å². The highest BCUT2D eigenvalue weighted by atomic mass is 32.2. The molecule has 2 unspecified atom stereocenters. The van der Waals surface area contributed by atoms with Crippen LogP contribution in [0, 0.1) is 19.3 Å². The largest absolute Gasteiger partial charge is 0.593 e. The highest BCUT2D eigenvalue weighted by molar-refractivity contribution is 7.89. The molecule has 52 heavy (non-hydrogen) atoms. The smallest absolute Gasteiger partial charge is 0.316 e. The fraction of sp³-hybridized carbons (Fsp3) is 0.436. The first kappa shape index (κ1) is 38.8. The Kier molecular flexibility index (Phi) is 13.0. The molecule has 2 aromatic heterocycles. The van der Waals surface area contributed by atoms with E-state index in [9.17, 15) is 9.35 Å². The van der Waals surface area contributed by atoms with Crippen LogP contribution in [0.3, 0.4) is 0 Å². The number of aryl methyl sites for hydroxylation is 1. The highest BCUT2D eigenvalue weighted by Crippen LogP contribution is 2.45. The summed E-state index contributed by atoms with van der Waals surface area (Å²) in [6.07, 6.45) is 5.30. The molecule has 3 heterocycles. The summed E-state index contributed by atoms with van der Waals surface area (Å²) in [6, 6.07) is 14.1. The van der Waals surface area contributed by atoms with Crippen molar-refractivity contribution < 1.29 is 23.6 Å². The van der Waals surface area contributed by atoms with Crippen LogP contribution in [0.1, 0.15) is 74.8 Å². The first-order valence-corrected chi connectivity index (χ1v) is 18.9. The van der Waals surface area contributed by atoms with Gasteiger partial charge in [0, 0.05) is 31.3 Å². The lowest BCUT2D eigenvalue weighted by atomic mass is 9.69. The maximum absolute atomic E-state index is 14.3. The number of nitrogens with two attached hydrogens (primary N) is 1. The van der Waals surface area contributed by atoms with Gasteiger partial charge < -0.3 is 35.1 Å². The molecule has 278 valence electrons. The number of nitrogens with one attached hydrogen (secondary N) is 2. The summed E-state index contributed by atoms with van der Waals surface area (Å²) in [6.45, 7) is 16.9. The van der Waals surface area contributed by atoms with E-state index in [2.05, 4.69) is 63.7 Å². The van der Waals surface area contributed by atoms with Crippen LogP contribution < -0.4 is 25.8 Å². The molecule has 0 saturated carbocycles. The molecule has 1 aliphatic heterocycles. The summed E-state index contributed by atoms with van der Waals surface area (Å²) in [5.74, 6) is -0.225. The van der Waals surface area contributed by atoms with Gasteiger partial charge in [0.25, 0.3) is 5.88 Å². The van der Waals surface area contributed by atoms with Crippen LogP contribution in [0.25, 0.3) is 0 Å². The number of ether oxygens (including phenoxy) is 3. The Morgan fingerprint density at radius 2 is 1.88 bits per heavy atom. The summed E-state index contributed by atoms with van der Waals surface area (Å²) in [7, 11) is 0. The lowest BCUT2D eigenvalue weighted by molar-refractivity contribution is -0.124. The maximum atomic E-state index is 14.3. The molecular weight excluding hydrogens is 679 g/mol. The van der Waals surface area contributed by atoms with Crippen molar-refractivity contribution in [1.29, 1.82) is 0 Å². The minimum atomic E-state index is -1.49. The highest BCUT2D eigenvalue weighted by Gasteiger charge is 2.41. The van der Waals surface area contributed by atoms with Gasteiger partial charge in [-0.25, -0.2) is 15.0 Å². The average molecular weight is 730 g/mol. The zero-order valence-corrected chi connectivity index (χ0v) is 32.0. The molecule has 0 radical (unpaired) electrons. The van der Waals surface area contributed by atoms with Gasteiger partial charge in [-0.1, -0.05) is 45.0 Å². The van der Waals surface area contributed by atoms with Crippen LogP contribution in [-0.2, 0) is 27.4 Å². The van der Waals surface area contributed by atoms with Crippen molar-refractivity contribution in [3.05, 3.63) is 88.9 Å². The van der Waals surface area contributed by atoms with E-state index in [1.165, 1.54) is 12.4 Å². The lowest BCUT2D eigenvalue weighted by Gasteiger charge is -2.36. The number of nitrogen functional groups attached to an aromatic ring is 1. The van der Waals surface area contributed by atoms with Gasteiger partial charge in [-0.05, 0) is 74.1 Å². The Hall–Kier alpha value is -4.43. The summed E-state index contributed by atoms with van der Waals surface area (Å²) >= 11 is -1.49. The van der Waals surface area contributed by atoms with E-state index in [0.29, 0.717) is 55.1 Å². The van der Waals surface area contributed by atoms with Crippen LogP contribution in [0.15, 0.2) is 66.0 Å². The number of amides is 1. The van der Waals surface area contributed by atoms with Crippen molar-refractivity contribution in [2.75, 3.05) is 49.3 Å². The van der Waals surface area contributed by atoms with Crippen molar-refractivity contribution in [3.63, 3.8) is 0 Å². The van der Waals surface area contributed by atoms with Crippen LogP contribution in [0.5, 0.6) is 11.9 Å². The van der Waals surface area contributed by atoms with E-state index >= 15 is 0 Å². The summed E-state index contributed by atoms with van der Waals surface area (Å²) in [4.78, 5) is 27.8. The number of hydrogen-bond acceptors (Lipinski definition) is 11. The van der Waals surface area contributed by atoms with Crippen molar-refractivity contribution in [3.8, 4) is 11.9 Å². The third-order valence-electron chi connectivity index (χ3n) is 9.44. The maximum Gasteiger partial charge on any atom is 0.316 e. The van der Waals surface area contributed by atoms with Gasteiger partial charge >= 0.3 is 6.01 Å². The van der Waals surface area contributed by atoms with Crippen molar-refractivity contribution >= 4 is 34.3 Å². The number of pyridine rings is 1. The average Bonchev–Trinajstić information content (AvgIpc) is 3.27.